The molecule has 0 spiro atoms. The van der Waals surface area contributed by atoms with Crippen molar-refractivity contribution < 1.29 is 5.11 Å². The van der Waals surface area contributed by atoms with E-state index in [1.807, 2.05) is 36.5 Å². The van der Waals surface area contributed by atoms with Gasteiger partial charge in [0.1, 0.15) is 0 Å². The van der Waals surface area contributed by atoms with Crippen molar-refractivity contribution in [1.82, 2.24) is 19.7 Å². The fraction of sp³-hybridized carbons (Fsp3) is 0.353. The van der Waals surface area contributed by atoms with Crippen LogP contribution in [0.3, 0.4) is 0 Å². The summed E-state index contributed by atoms with van der Waals surface area (Å²) in [5, 5.41) is 18.6. The Morgan fingerprint density at radius 3 is 2.74 bits per heavy atom. The van der Waals surface area contributed by atoms with Gasteiger partial charge in [0, 0.05) is 29.9 Å². The van der Waals surface area contributed by atoms with Crippen LogP contribution in [0.4, 0.5) is 5.95 Å². The molecule has 2 heterocycles. The highest BCUT2D eigenvalue weighted by Crippen LogP contribution is 2.21. The van der Waals surface area contributed by atoms with Gasteiger partial charge in [0.05, 0.1) is 11.6 Å². The van der Waals surface area contributed by atoms with E-state index in [1.165, 1.54) is 0 Å². The summed E-state index contributed by atoms with van der Waals surface area (Å²) >= 11 is 0. The highest BCUT2D eigenvalue weighted by Gasteiger charge is 2.19. The molecule has 1 aliphatic rings. The number of hydrogen-bond donors (Lipinski definition) is 2. The van der Waals surface area contributed by atoms with E-state index in [1.54, 1.807) is 10.9 Å². The summed E-state index contributed by atoms with van der Waals surface area (Å²) in [6.07, 6.45) is 7.12. The van der Waals surface area contributed by atoms with Gasteiger partial charge in [0.15, 0.2) is 5.82 Å². The van der Waals surface area contributed by atoms with Crippen molar-refractivity contribution >= 4 is 16.9 Å². The molecule has 2 N–H and O–H groups in total. The second-order valence-electron chi connectivity index (χ2n) is 6.02. The monoisotopic (exact) mass is 309 g/mol. The van der Waals surface area contributed by atoms with Gasteiger partial charge in [-0.2, -0.15) is 10.1 Å². The summed E-state index contributed by atoms with van der Waals surface area (Å²) in [4.78, 5) is 8.87. The molecule has 23 heavy (non-hydrogen) atoms. The first-order chi connectivity index (χ1) is 11.3. The molecule has 1 aromatic carbocycles. The summed E-state index contributed by atoms with van der Waals surface area (Å²) in [7, 11) is 0. The SMILES string of the molecule is OC1CCC(Nc2nccc(-n3cc4ccccc4n3)n2)CC1. The first kappa shape index (κ1) is 14.1. The minimum absolute atomic E-state index is 0.156. The first-order valence-electron chi connectivity index (χ1n) is 8.00. The molecule has 0 saturated heterocycles. The van der Waals surface area contributed by atoms with Crippen LogP contribution in [0, 0.1) is 0 Å². The van der Waals surface area contributed by atoms with Crippen LogP contribution in [0.2, 0.25) is 0 Å². The van der Waals surface area contributed by atoms with Crippen LogP contribution in [0.1, 0.15) is 25.7 Å². The maximum atomic E-state index is 9.58. The van der Waals surface area contributed by atoms with Crippen molar-refractivity contribution in [2.75, 3.05) is 5.32 Å². The lowest BCUT2D eigenvalue weighted by atomic mass is 9.93. The molecule has 6 heteroatoms. The van der Waals surface area contributed by atoms with Crippen LogP contribution in [0.25, 0.3) is 16.7 Å². The molecule has 1 saturated carbocycles. The Kier molecular flexibility index (Phi) is 3.67. The van der Waals surface area contributed by atoms with Gasteiger partial charge >= 0.3 is 0 Å². The number of nitrogens with one attached hydrogen (secondary N) is 1. The minimum Gasteiger partial charge on any atom is -0.393 e. The smallest absolute Gasteiger partial charge is 0.224 e. The predicted molar refractivity (Wildman–Crippen MR) is 88.5 cm³/mol. The molecule has 0 amide bonds. The number of aromatic nitrogens is 4. The van der Waals surface area contributed by atoms with Crippen molar-refractivity contribution in [2.45, 2.75) is 37.8 Å². The summed E-state index contributed by atoms with van der Waals surface area (Å²) in [5.74, 6) is 1.36. The third kappa shape index (κ3) is 3.03. The Bertz CT molecular complexity index is 774. The third-order valence-electron chi connectivity index (χ3n) is 4.32. The van der Waals surface area contributed by atoms with Crippen LogP contribution in [0.15, 0.2) is 42.7 Å². The lowest BCUT2D eigenvalue weighted by Crippen LogP contribution is -2.29. The maximum absolute atomic E-state index is 9.58. The van der Waals surface area contributed by atoms with Gasteiger partial charge in [0.25, 0.3) is 0 Å². The van der Waals surface area contributed by atoms with Crippen molar-refractivity contribution in [3.63, 3.8) is 0 Å². The molecule has 1 fully saturated rings. The molecular weight excluding hydrogens is 290 g/mol. The van der Waals surface area contributed by atoms with Crippen LogP contribution in [-0.2, 0) is 0 Å². The van der Waals surface area contributed by atoms with E-state index in [4.69, 9.17) is 0 Å². The normalized spacial score (nSPS) is 21.4. The van der Waals surface area contributed by atoms with Gasteiger partial charge in [-0.25, -0.2) is 9.67 Å². The average molecular weight is 309 g/mol. The van der Waals surface area contributed by atoms with Crippen molar-refractivity contribution in [3.05, 3.63) is 42.7 Å². The van der Waals surface area contributed by atoms with Gasteiger partial charge in [-0.15, -0.1) is 0 Å². The van der Waals surface area contributed by atoms with Crippen molar-refractivity contribution in [3.8, 4) is 5.82 Å². The van der Waals surface area contributed by atoms with Crippen molar-refractivity contribution in [1.29, 1.82) is 0 Å². The van der Waals surface area contributed by atoms with E-state index in [2.05, 4.69) is 20.4 Å². The van der Waals surface area contributed by atoms with Crippen LogP contribution < -0.4 is 5.32 Å². The standard InChI is InChI=1S/C17H19N5O/c23-14-7-5-13(6-8-14)19-17-18-10-9-16(20-17)22-11-12-3-1-2-4-15(12)21-22/h1-4,9-11,13-14,23H,5-8H2,(H,18,19,20). The number of hydrogen-bond acceptors (Lipinski definition) is 5. The highest BCUT2D eigenvalue weighted by molar-refractivity contribution is 5.78. The Labute approximate surface area is 134 Å². The fourth-order valence-electron chi connectivity index (χ4n) is 3.03. The third-order valence-corrected chi connectivity index (χ3v) is 4.32. The second kappa shape index (κ2) is 5.96. The van der Waals surface area contributed by atoms with Gasteiger partial charge in [-0.3, -0.25) is 0 Å². The predicted octanol–water partition coefficient (Wildman–Crippen LogP) is 2.53. The molecule has 0 bridgehead atoms. The number of anilines is 1. The molecule has 0 aliphatic heterocycles. The van der Waals surface area contributed by atoms with E-state index >= 15 is 0 Å². The first-order valence-corrected chi connectivity index (χ1v) is 8.00. The number of nitrogens with zero attached hydrogens (tertiary/aromatic N) is 4. The number of rotatable bonds is 3. The molecule has 0 atom stereocenters. The highest BCUT2D eigenvalue weighted by atomic mass is 16.3. The summed E-state index contributed by atoms with van der Waals surface area (Å²) in [6.45, 7) is 0. The molecule has 0 radical (unpaired) electrons. The second-order valence-corrected chi connectivity index (χ2v) is 6.02. The summed E-state index contributed by atoms with van der Waals surface area (Å²) in [5.41, 5.74) is 0.946. The Hall–Kier alpha value is -2.47. The van der Waals surface area contributed by atoms with E-state index in [9.17, 15) is 5.11 Å². The quantitative estimate of drug-likeness (QED) is 0.777. The van der Waals surface area contributed by atoms with Crippen LogP contribution >= 0.6 is 0 Å². The van der Waals surface area contributed by atoms with E-state index in [0.717, 1.165) is 42.4 Å². The summed E-state index contributed by atoms with van der Waals surface area (Å²) in [6, 6.07) is 10.2. The Balaban J connectivity index is 1.56. The van der Waals surface area contributed by atoms with E-state index in [0.29, 0.717) is 12.0 Å². The molecule has 0 unspecified atom stereocenters. The largest absolute Gasteiger partial charge is 0.393 e. The van der Waals surface area contributed by atoms with E-state index in [-0.39, 0.29) is 6.10 Å². The van der Waals surface area contributed by atoms with Gasteiger partial charge < -0.3 is 10.4 Å². The molecule has 4 rings (SSSR count). The van der Waals surface area contributed by atoms with Gasteiger partial charge in [0.2, 0.25) is 5.95 Å². The zero-order chi connectivity index (χ0) is 15.6. The zero-order valence-electron chi connectivity index (χ0n) is 12.8. The molecule has 1 aliphatic carbocycles. The summed E-state index contributed by atoms with van der Waals surface area (Å²) < 4.78 is 1.78. The maximum Gasteiger partial charge on any atom is 0.224 e. The number of benzene rings is 1. The molecule has 3 aromatic rings. The lowest BCUT2D eigenvalue weighted by Gasteiger charge is -2.26. The van der Waals surface area contributed by atoms with Crippen molar-refractivity contribution in [2.24, 2.45) is 0 Å². The Morgan fingerprint density at radius 1 is 1.09 bits per heavy atom. The topological polar surface area (TPSA) is 75.9 Å². The van der Waals surface area contributed by atoms with Gasteiger partial charge in [-0.05, 0) is 31.7 Å². The molecule has 6 nitrogen and oxygen atoms in total. The van der Waals surface area contributed by atoms with Gasteiger partial charge in [-0.1, -0.05) is 18.2 Å². The molecule has 118 valence electrons. The van der Waals surface area contributed by atoms with Crippen LogP contribution in [0.5, 0.6) is 0 Å². The number of aliphatic hydroxyl groups is 1. The van der Waals surface area contributed by atoms with Crippen LogP contribution in [-0.4, -0.2) is 37.0 Å². The number of aliphatic hydroxyl groups excluding tert-OH is 1. The molecular formula is C17H19N5O. The fourth-order valence-corrected chi connectivity index (χ4v) is 3.03. The molecule has 2 aromatic heterocycles. The van der Waals surface area contributed by atoms with E-state index < -0.39 is 0 Å². The average Bonchev–Trinajstić information content (AvgIpc) is 3.01. The Morgan fingerprint density at radius 2 is 1.91 bits per heavy atom. The number of fused-ring (bicyclic) bond motifs is 1. The lowest BCUT2D eigenvalue weighted by molar-refractivity contribution is 0.126. The minimum atomic E-state index is -0.156. The zero-order valence-corrected chi connectivity index (χ0v) is 12.8.